The van der Waals surface area contributed by atoms with Gasteiger partial charge in [-0.2, -0.15) is 0 Å². The van der Waals surface area contributed by atoms with Crippen LogP contribution >= 0.6 is 0 Å². The summed E-state index contributed by atoms with van der Waals surface area (Å²) >= 11 is 0. The van der Waals surface area contributed by atoms with E-state index in [1.54, 1.807) is 30.5 Å². The molecule has 7 heteroatoms. The maximum absolute atomic E-state index is 11.1. The molecule has 2 aromatic rings. The maximum atomic E-state index is 11.1. The monoisotopic (exact) mass is 350 g/mol. The van der Waals surface area contributed by atoms with Crippen LogP contribution in [0.1, 0.15) is 18.4 Å². The second kappa shape index (κ2) is 8.25. The summed E-state index contributed by atoms with van der Waals surface area (Å²) in [6.45, 7) is 1.56. The number of aromatic nitrogens is 1. The molecule has 1 aromatic carbocycles. The molecule has 1 saturated heterocycles. The molecule has 26 heavy (non-hydrogen) atoms. The smallest absolute Gasteiger partial charge is 0.270 e. The number of non-ortho nitro benzene ring substituents is 1. The third kappa shape index (κ3) is 4.25. The third-order valence-corrected chi connectivity index (χ3v) is 4.20. The van der Waals surface area contributed by atoms with Crippen molar-refractivity contribution in [3.63, 3.8) is 0 Å². The van der Waals surface area contributed by atoms with Crippen molar-refractivity contribution in [3.05, 3.63) is 75.1 Å². The summed E-state index contributed by atoms with van der Waals surface area (Å²) in [5.74, 6) is 6.66. The molecule has 0 unspecified atom stereocenters. The molecule has 0 aliphatic carbocycles. The summed E-state index contributed by atoms with van der Waals surface area (Å²) in [6, 6.07) is 9.83. The van der Waals surface area contributed by atoms with Gasteiger partial charge in [-0.05, 0) is 31.1 Å². The van der Waals surface area contributed by atoms with Crippen LogP contribution in [0, 0.1) is 27.2 Å². The molecule has 1 aliphatic heterocycles. The first-order valence-electron chi connectivity index (χ1n) is 8.26. The van der Waals surface area contributed by atoms with Crippen LogP contribution in [0.4, 0.5) is 17.2 Å². The van der Waals surface area contributed by atoms with E-state index < -0.39 is 4.92 Å². The fourth-order valence-electron chi connectivity index (χ4n) is 2.83. The van der Waals surface area contributed by atoms with Crippen molar-refractivity contribution in [3.8, 4) is 11.8 Å². The van der Waals surface area contributed by atoms with E-state index in [1.807, 2.05) is 6.08 Å². The standard InChI is InChI=1S/C19H18N4O3/c24-21-18-8-3-11-20-19(18)22-12-9-15(10-13-22)4-1-5-16-6-2-7-17(14-16)23(25)26/h2-4,6-8,11,14H,9-10,12-13,21H2. The lowest BCUT2D eigenvalue weighted by Crippen LogP contribution is -2.70. The molecule has 0 amide bonds. The Bertz CT molecular complexity index is 889. The van der Waals surface area contributed by atoms with Crippen LogP contribution < -0.4 is 10.4 Å². The number of nitrogens with zero attached hydrogens (tertiary/aromatic N) is 3. The van der Waals surface area contributed by atoms with Gasteiger partial charge < -0.3 is 15.6 Å². The second-order valence-electron chi connectivity index (χ2n) is 5.90. The van der Waals surface area contributed by atoms with Gasteiger partial charge in [0.25, 0.3) is 5.69 Å². The Hall–Kier alpha value is -3.21. The van der Waals surface area contributed by atoms with Crippen LogP contribution in [0.2, 0.25) is 0 Å². The highest BCUT2D eigenvalue weighted by Gasteiger charge is 2.18. The molecule has 2 heterocycles. The van der Waals surface area contributed by atoms with E-state index in [4.69, 9.17) is 0 Å². The lowest BCUT2D eigenvalue weighted by molar-refractivity contribution is -0.496. The van der Waals surface area contributed by atoms with Gasteiger partial charge >= 0.3 is 0 Å². The number of quaternary nitrogens is 1. The molecular formula is C19H18N4O3. The van der Waals surface area contributed by atoms with E-state index in [0.29, 0.717) is 11.3 Å². The summed E-state index contributed by atoms with van der Waals surface area (Å²) in [5.41, 5.74) is 3.32. The fourth-order valence-corrected chi connectivity index (χ4v) is 2.83. The molecule has 7 nitrogen and oxygen atoms in total. The van der Waals surface area contributed by atoms with E-state index >= 15 is 0 Å². The van der Waals surface area contributed by atoms with E-state index in [-0.39, 0.29) is 5.69 Å². The third-order valence-electron chi connectivity index (χ3n) is 4.20. The predicted octanol–water partition coefficient (Wildman–Crippen LogP) is 2.26. The molecule has 1 fully saturated rings. The van der Waals surface area contributed by atoms with Crippen molar-refractivity contribution in [2.45, 2.75) is 12.8 Å². The van der Waals surface area contributed by atoms with Crippen molar-refractivity contribution in [1.29, 1.82) is 0 Å². The molecule has 0 spiro atoms. The van der Waals surface area contributed by atoms with Crippen molar-refractivity contribution in [2.24, 2.45) is 0 Å². The first-order chi connectivity index (χ1) is 12.7. The van der Waals surface area contributed by atoms with Gasteiger partial charge in [-0.3, -0.25) is 10.1 Å². The van der Waals surface area contributed by atoms with Crippen LogP contribution in [0.5, 0.6) is 0 Å². The Kier molecular flexibility index (Phi) is 5.59. The predicted molar refractivity (Wildman–Crippen MR) is 98.7 cm³/mol. The number of nitro groups is 1. The van der Waals surface area contributed by atoms with Gasteiger partial charge in [-0.1, -0.05) is 23.5 Å². The summed E-state index contributed by atoms with van der Waals surface area (Å²) in [7, 11) is 0. The highest BCUT2D eigenvalue weighted by molar-refractivity contribution is 5.57. The number of piperidine rings is 1. The molecule has 1 aliphatic rings. The average Bonchev–Trinajstić information content (AvgIpc) is 2.69. The van der Waals surface area contributed by atoms with E-state index in [0.717, 1.165) is 37.2 Å². The quantitative estimate of drug-likeness (QED) is 0.520. The topological polar surface area (TPSA) is 98.9 Å². The van der Waals surface area contributed by atoms with Gasteiger partial charge in [0.2, 0.25) is 0 Å². The summed E-state index contributed by atoms with van der Waals surface area (Å²) in [6.07, 6.45) is 5.27. The first-order valence-corrected chi connectivity index (χ1v) is 8.26. The van der Waals surface area contributed by atoms with E-state index in [9.17, 15) is 15.3 Å². The number of benzene rings is 1. The van der Waals surface area contributed by atoms with Gasteiger partial charge in [-0.25, -0.2) is 4.98 Å². The lowest BCUT2D eigenvalue weighted by atomic mass is 10.0. The van der Waals surface area contributed by atoms with E-state index in [1.165, 1.54) is 17.7 Å². The van der Waals surface area contributed by atoms with Crippen molar-refractivity contribution < 1.29 is 10.4 Å². The van der Waals surface area contributed by atoms with Crippen LogP contribution in [-0.2, 0) is 0 Å². The fraction of sp³-hybridized carbons (Fsp3) is 0.211. The van der Waals surface area contributed by atoms with Crippen LogP contribution in [0.25, 0.3) is 0 Å². The zero-order valence-corrected chi connectivity index (χ0v) is 14.1. The lowest BCUT2D eigenvalue weighted by Gasteiger charge is -2.29. The Labute approximate surface area is 151 Å². The molecule has 132 valence electrons. The largest absolute Gasteiger partial charge is 0.630 e. The van der Waals surface area contributed by atoms with Gasteiger partial charge in [0.05, 0.1) is 4.92 Å². The minimum Gasteiger partial charge on any atom is -0.630 e. The molecule has 0 saturated carbocycles. The highest BCUT2D eigenvalue weighted by Crippen LogP contribution is 2.24. The molecule has 0 bridgehead atoms. The Balaban J connectivity index is 1.64. The first kappa shape index (κ1) is 17.6. The number of anilines is 1. The minimum atomic E-state index is -0.426. The van der Waals surface area contributed by atoms with Crippen molar-refractivity contribution in [1.82, 2.24) is 4.98 Å². The van der Waals surface area contributed by atoms with Crippen LogP contribution in [0.15, 0.2) is 54.2 Å². The molecule has 0 radical (unpaired) electrons. The zero-order chi connectivity index (χ0) is 18.4. The van der Waals surface area contributed by atoms with Crippen molar-refractivity contribution in [2.75, 3.05) is 18.0 Å². The number of rotatable bonds is 3. The molecule has 1 aromatic heterocycles. The maximum Gasteiger partial charge on any atom is 0.270 e. The number of allylic oxidation sites excluding steroid dienone is 1. The normalized spacial score (nSPS) is 13.7. The Morgan fingerprint density at radius 3 is 2.77 bits per heavy atom. The van der Waals surface area contributed by atoms with Crippen molar-refractivity contribution >= 4 is 17.2 Å². The summed E-state index contributed by atoms with van der Waals surface area (Å²) < 4.78 is 0. The minimum absolute atomic E-state index is 0.0408. The molecule has 3 rings (SSSR count). The van der Waals surface area contributed by atoms with Gasteiger partial charge in [0.1, 0.15) is 0 Å². The van der Waals surface area contributed by atoms with Gasteiger partial charge in [0.15, 0.2) is 11.5 Å². The van der Waals surface area contributed by atoms with Gasteiger partial charge in [-0.15, -0.1) is 0 Å². The molecule has 2 N–H and O–H groups in total. The number of hydrogen-bond donors (Lipinski definition) is 1. The molecule has 0 atom stereocenters. The number of hydrogen-bond acceptors (Lipinski definition) is 5. The second-order valence-corrected chi connectivity index (χ2v) is 5.90. The SMILES string of the molecule is O=[N+]([O-])c1cccc(C#CC=C2CCN(c3ncccc3[NH2+][O-])CC2)c1. The summed E-state index contributed by atoms with van der Waals surface area (Å²) in [5, 5.41) is 21.9. The average molecular weight is 350 g/mol. The number of nitro benzene ring substituents is 1. The molecular weight excluding hydrogens is 332 g/mol. The van der Waals surface area contributed by atoms with Crippen LogP contribution in [0.3, 0.4) is 0 Å². The van der Waals surface area contributed by atoms with E-state index in [2.05, 4.69) is 21.7 Å². The zero-order valence-electron chi connectivity index (χ0n) is 14.1. The van der Waals surface area contributed by atoms with Crippen LogP contribution in [-0.4, -0.2) is 23.0 Å². The summed E-state index contributed by atoms with van der Waals surface area (Å²) in [4.78, 5) is 16.8. The Morgan fingerprint density at radius 2 is 2.04 bits per heavy atom. The highest BCUT2D eigenvalue weighted by atomic mass is 16.6. The van der Waals surface area contributed by atoms with Gasteiger partial charge in [0, 0.05) is 43.0 Å². The Morgan fingerprint density at radius 1 is 1.23 bits per heavy atom. The number of nitrogens with two attached hydrogens (primary N) is 1. The number of pyridine rings is 1.